The minimum atomic E-state index is -1.81. The molecule has 33 nitrogen and oxygen atoms in total. The van der Waals surface area contributed by atoms with Crippen molar-refractivity contribution in [1.82, 2.24) is 63.8 Å². The first kappa shape index (κ1) is 79.7. The monoisotopic (exact) mass is 1270 g/mol. The average Bonchev–Trinajstić information content (AvgIpc) is 2.65. The lowest BCUT2D eigenvalue weighted by Gasteiger charge is -2.29. The Hall–Kier alpha value is -7.33. The topological polar surface area (TPSA) is 547 Å². The van der Waals surface area contributed by atoms with Gasteiger partial charge in [0.25, 0.3) is 0 Å². The Kier molecular flexibility index (Phi) is 37.4. The molecule has 1 saturated heterocycles. The lowest BCUT2D eigenvalue weighted by atomic mass is 10.0. The maximum atomic E-state index is 14.0. The van der Waals surface area contributed by atoms with Crippen molar-refractivity contribution in [2.75, 3.05) is 39.4 Å². The van der Waals surface area contributed by atoms with Crippen molar-refractivity contribution < 1.29 is 78.0 Å². The molecule has 1 rings (SSSR count). The number of aliphatic imine (C=N–C) groups is 1. The molecular formula is C56H103N17O16. The van der Waals surface area contributed by atoms with Gasteiger partial charge in [0.15, 0.2) is 5.96 Å². The van der Waals surface area contributed by atoms with Crippen LogP contribution in [0, 0.1) is 17.8 Å². The number of aliphatic hydroxyl groups excluding tert-OH is 3. The highest BCUT2D eigenvalue weighted by atomic mass is 16.4. The van der Waals surface area contributed by atoms with Gasteiger partial charge in [-0.05, 0) is 135 Å². The SMILES string of the molecule is CC(C)CC(NC(=O)C1CCCN1)C(=O)NC(CO)C(=O)NC(CCCN=C(N)N)C(=O)NC(C(=O)NC(CC(C)C)C(=O)NC(CO)C(=O)NC(C(=O)NC(C)C(=O)NC(C)C(=O)NC(CCCCN)C(=O)NC(CCCCN)C(=O)O)C(C)C)C(C)O. The third-order valence-corrected chi connectivity index (χ3v) is 14.2. The number of unbranched alkanes of at least 4 members (excludes halogenated alkanes) is 2. The number of nitrogens with one attached hydrogen (secondary N) is 12. The number of nitrogens with two attached hydrogens (primary N) is 4. The number of carboxylic acid groups (broad SMARTS) is 1. The van der Waals surface area contributed by atoms with Gasteiger partial charge >= 0.3 is 5.97 Å². The predicted molar refractivity (Wildman–Crippen MR) is 327 cm³/mol. The highest BCUT2D eigenvalue weighted by Gasteiger charge is 2.38. The van der Waals surface area contributed by atoms with Crippen LogP contribution in [-0.4, -0.2) is 215 Å². The molecule has 1 fully saturated rings. The van der Waals surface area contributed by atoms with Crippen LogP contribution in [0.3, 0.4) is 0 Å². The van der Waals surface area contributed by atoms with Gasteiger partial charge in [-0.1, -0.05) is 41.5 Å². The van der Waals surface area contributed by atoms with E-state index in [0.717, 1.165) is 13.3 Å². The molecule has 0 aliphatic carbocycles. The summed E-state index contributed by atoms with van der Waals surface area (Å²) in [6.07, 6.45) is 1.67. The van der Waals surface area contributed by atoms with Crippen LogP contribution in [0.15, 0.2) is 4.99 Å². The number of aliphatic carboxylic acids is 1. The number of hydrogen-bond donors (Lipinski definition) is 20. The Balaban J connectivity index is 3.24. The summed E-state index contributed by atoms with van der Waals surface area (Å²) in [5.74, 6) is -12.4. The van der Waals surface area contributed by atoms with Crippen LogP contribution in [0.5, 0.6) is 0 Å². The molecule has 89 heavy (non-hydrogen) atoms. The molecule has 508 valence electrons. The van der Waals surface area contributed by atoms with E-state index in [1.54, 1.807) is 27.7 Å². The Morgan fingerprint density at radius 3 is 1.30 bits per heavy atom. The summed E-state index contributed by atoms with van der Waals surface area (Å²) < 4.78 is 0. The summed E-state index contributed by atoms with van der Waals surface area (Å²) in [5, 5.41) is 71.4. The molecule has 1 aliphatic heterocycles. The predicted octanol–water partition coefficient (Wildman–Crippen LogP) is -6.38. The second kappa shape index (κ2) is 41.8. The lowest BCUT2D eigenvalue weighted by molar-refractivity contribution is -0.142. The van der Waals surface area contributed by atoms with E-state index in [1.165, 1.54) is 13.8 Å². The lowest BCUT2D eigenvalue weighted by Crippen LogP contribution is -2.62. The quantitative estimate of drug-likeness (QED) is 0.0153. The zero-order valence-electron chi connectivity index (χ0n) is 52.9. The molecule has 13 atom stereocenters. The molecule has 0 radical (unpaired) electrons. The van der Waals surface area contributed by atoms with Crippen LogP contribution >= 0.6 is 0 Å². The number of amides is 11. The number of hydrogen-bond acceptors (Lipinski definition) is 19. The number of carbonyl (C=O) groups excluding carboxylic acids is 11. The minimum Gasteiger partial charge on any atom is -0.480 e. The number of aliphatic hydroxyl groups is 3. The maximum absolute atomic E-state index is 14.0. The van der Waals surface area contributed by atoms with E-state index in [1.807, 2.05) is 13.8 Å². The van der Waals surface area contributed by atoms with E-state index in [2.05, 4.69) is 68.8 Å². The van der Waals surface area contributed by atoms with Gasteiger partial charge in [0.1, 0.15) is 66.5 Å². The molecule has 0 spiro atoms. The van der Waals surface area contributed by atoms with E-state index in [4.69, 9.17) is 22.9 Å². The number of rotatable bonds is 43. The van der Waals surface area contributed by atoms with Crippen molar-refractivity contribution in [2.45, 2.75) is 218 Å². The molecule has 1 heterocycles. The second-order valence-corrected chi connectivity index (χ2v) is 23.5. The molecule has 24 N–H and O–H groups in total. The highest BCUT2D eigenvalue weighted by Crippen LogP contribution is 2.13. The van der Waals surface area contributed by atoms with E-state index in [0.29, 0.717) is 51.7 Å². The Labute approximate surface area is 520 Å². The summed E-state index contributed by atoms with van der Waals surface area (Å²) in [6, 6.07) is -16.2. The normalized spacial score (nSPS) is 17.0. The van der Waals surface area contributed by atoms with E-state index >= 15 is 0 Å². The first-order chi connectivity index (χ1) is 41.8. The van der Waals surface area contributed by atoms with Crippen molar-refractivity contribution in [3.05, 3.63) is 0 Å². The number of nitrogens with zero attached hydrogens (tertiary/aromatic N) is 1. The molecule has 33 heteroatoms. The molecule has 1 aliphatic rings. The van der Waals surface area contributed by atoms with Gasteiger partial charge in [0.05, 0.1) is 25.4 Å². The molecule has 0 bridgehead atoms. The van der Waals surface area contributed by atoms with Gasteiger partial charge in [0.2, 0.25) is 65.0 Å². The summed E-state index contributed by atoms with van der Waals surface area (Å²) >= 11 is 0. The minimum absolute atomic E-state index is 0.0264. The molecular weight excluding hydrogens is 1170 g/mol. The third-order valence-electron chi connectivity index (χ3n) is 14.2. The Morgan fingerprint density at radius 2 is 0.854 bits per heavy atom. The first-order valence-corrected chi connectivity index (χ1v) is 30.5. The van der Waals surface area contributed by atoms with Gasteiger partial charge in [-0.15, -0.1) is 0 Å². The van der Waals surface area contributed by atoms with Gasteiger partial charge < -0.3 is 107 Å². The second-order valence-electron chi connectivity index (χ2n) is 23.5. The standard InChI is InChI=1S/C56H103N17O16/c1-28(2)24-38(68-46(79)34-18-14-22-61-34)49(82)70-40(26-74)51(84)66-36(19-15-23-62-56(59)60)48(81)73-43(33(9)76)54(87)69-39(25-29(3)4)50(83)71-41(27-75)52(85)72-42(30(5)6)53(86)64-31(7)44(77)63-32(8)45(78)65-35(16-10-12-20-57)47(80)67-37(55(88)89)17-11-13-21-58/h28-43,61,74-76H,10-27,57-58H2,1-9H3,(H,63,77)(H,64,86)(H,65,78)(H,66,84)(H,67,80)(H,68,79)(H,69,87)(H,70,82)(H,71,83)(H,72,85)(H,73,81)(H,88,89)(H4,59,60,62). The van der Waals surface area contributed by atoms with Gasteiger partial charge in [-0.3, -0.25) is 57.7 Å². The molecule has 0 aromatic carbocycles. The zero-order chi connectivity index (χ0) is 67.7. The molecule has 11 amide bonds. The van der Waals surface area contributed by atoms with Gasteiger partial charge in [-0.2, -0.15) is 0 Å². The van der Waals surface area contributed by atoms with E-state index in [9.17, 15) is 78.0 Å². The summed E-state index contributed by atoms with van der Waals surface area (Å²) in [5.41, 5.74) is 22.1. The van der Waals surface area contributed by atoms with E-state index < -0.39 is 169 Å². The van der Waals surface area contributed by atoms with Crippen molar-refractivity contribution in [3.63, 3.8) is 0 Å². The Bertz CT molecular complexity index is 2350. The van der Waals surface area contributed by atoms with Gasteiger partial charge in [-0.25, -0.2) is 4.79 Å². The third kappa shape index (κ3) is 30.2. The first-order valence-electron chi connectivity index (χ1n) is 30.5. The summed E-state index contributed by atoms with van der Waals surface area (Å²) in [6.45, 7) is 13.2. The average molecular weight is 1270 g/mol. The van der Waals surface area contributed by atoms with Crippen LogP contribution in [0.2, 0.25) is 0 Å². The van der Waals surface area contributed by atoms with Crippen LogP contribution < -0.4 is 86.7 Å². The largest absolute Gasteiger partial charge is 0.480 e. The van der Waals surface area contributed by atoms with Crippen LogP contribution in [-0.2, 0) is 57.5 Å². The van der Waals surface area contributed by atoms with Crippen molar-refractivity contribution in [3.8, 4) is 0 Å². The molecule has 0 saturated carbocycles. The summed E-state index contributed by atoms with van der Waals surface area (Å²) in [7, 11) is 0. The van der Waals surface area contributed by atoms with Crippen molar-refractivity contribution in [1.29, 1.82) is 0 Å². The van der Waals surface area contributed by atoms with Crippen molar-refractivity contribution in [2.24, 2.45) is 45.7 Å². The summed E-state index contributed by atoms with van der Waals surface area (Å²) in [4.78, 5) is 165. The maximum Gasteiger partial charge on any atom is 0.326 e. The fourth-order valence-electron chi connectivity index (χ4n) is 9.13. The highest BCUT2D eigenvalue weighted by molar-refractivity contribution is 5.99. The van der Waals surface area contributed by atoms with Crippen molar-refractivity contribution >= 4 is 76.9 Å². The fraction of sp³-hybridized carbons (Fsp3) is 0.768. The van der Waals surface area contributed by atoms with Crippen LogP contribution in [0.25, 0.3) is 0 Å². The Morgan fingerprint density at radius 1 is 0.472 bits per heavy atom. The molecule has 0 aromatic rings. The van der Waals surface area contributed by atoms with Crippen LogP contribution in [0.1, 0.15) is 139 Å². The molecule has 13 unspecified atom stereocenters. The van der Waals surface area contributed by atoms with E-state index in [-0.39, 0.29) is 62.9 Å². The van der Waals surface area contributed by atoms with Gasteiger partial charge in [0, 0.05) is 6.54 Å². The molecule has 0 aromatic heterocycles. The fourth-order valence-corrected chi connectivity index (χ4v) is 9.13. The van der Waals surface area contributed by atoms with Crippen LogP contribution in [0.4, 0.5) is 0 Å². The number of carbonyl (C=O) groups is 12. The number of carboxylic acids is 1. The number of guanidine groups is 1. The zero-order valence-corrected chi connectivity index (χ0v) is 52.9. The smallest absolute Gasteiger partial charge is 0.326 e.